The molecule has 33 heteroatoms. The molecule has 0 radical (unpaired) electrons. The number of unbranched alkanes of at least 4 members (excludes halogenated alkanes) is 1. The number of benzene rings is 5. The number of nitrogens with one attached hydrogen (secondary N) is 15. The molecule has 1 aliphatic heterocycles. The van der Waals surface area contributed by atoms with Gasteiger partial charge in [0.15, 0.2) is 0 Å². The number of nitrogens with two attached hydrogens (primary N) is 1. The first-order valence-corrected chi connectivity index (χ1v) is 40.3. The average molecular weight is 1630 g/mol. The third kappa shape index (κ3) is 34.9. The minimum absolute atomic E-state index is 0.00164. The molecule has 11 amide bonds. The maximum atomic E-state index is 15.3. The number of aliphatic hydroxyl groups excluding tert-OH is 2. The van der Waals surface area contributed by atoms with Crippen molar-refractivity contribution in [2.24, 2.45) is 17.6 Å². The smallest absolute Gasteiger partial charge is 0.245 e. The van der Waals surface area contributed by atoms with Gasteiger partial charge in [0.1, 0.15) is 83.4 Å². The molecular formula is C84H122N16O17. The van der Waals surface area contributed by atoms with Crippen LogP contribution in [0.25, 0.3) is 0 Å². The zero-order chi connectivity index (χ0) is 85.3. The maximum absolute atomic E-state index is 15.3. The van der Waals surface area contributed by atoms with Crippen molar-refractivity contribution in [3.63, 3.8) is 0 Å². The van der Waals surface area contributed by atoms with E-state index in [0.29, 0.717) is 24.4 Å². The third-order valence-corrected chi connectivity index (χ3v) is 19.9. The van der Waals surface area contributed by atoms with E-state index in [9.17, 15) is 69.0 Å². The van der Waals surface area contributed by atoms with Crippen molar-refractivity contribution < 1.29 is 83.4 Å². The monoisotopic (exact) mass is 1630 g/mol. The first-order valence-electron chi connectivity index (χ1n) is 40.3. The number of hydrogen-bond donors (Lipinski definition) is 22. The number of aliphatic hydroxyl groups is 2. The molecule has 33 nitrogen and oxygen atoms in total. The zero-order valence-corrected chi connectivity index (χ0v) is 67.7. The van der Waals surface area contributed by atoms with Crippen LogP contribution in [0.4, 0.5) is 0 Å². The van der Waals surface area contributed by atoms with Gasteiger partial charge >= 0.3 is 0 Å². The van der Waals surface area contributed by atoms with Crippen LogP contribution >= 0.6 is 0 Å². The molecule has 1 fully saturated rings. The van der Waals surface area contributed by atoms with E-state index in [-0.39, 0.29) is 133 Å². The molecule has 13 atom stereocenters. The van der Waals surface area contributed by atoms with Crippen molar-refractivity contribution in [2.45, 2.75) is 224 Å². The molecule has 1 heterocycles. The van der Waals surface area contributed by atoms with Gasteiger partial charge < -0.3 is 116 Å². The van der Waals surface area contributed by atoms with E-state index in [1.807, 2.05) is 0 Å². The Morgan fingerprint density at radius 2 is 0.880 bits per heavy atom. The molecule has 640 valence electrons. The second kappa shape index (κ2) is 50.6. The van der Waals surface area contributed by atoms with Crippen molar-refractivity contribution in [1.29, 1.82) is 0 Å². The molecule has 5 aromatic rings. The fraction of sp³-hybridized carbons (Fsp3) is 0.512. The molecule has 0 bridgehead atoms. The van der Waals surface area contributed by atoms with Crippen molar-refractivity contribution in [3.8, 4) is 23.0 Å². The molecule has 6 rings (SSSR count). The highest BCUT2D eigenvalue weighted by Gasteiger charge is 2.38. The Morgan fingerprint density at radius 1 is 0.453 bits per heavy atom. The van der Waals surface area contributed by atoms with E-state index in [2.05, 4.69) is 93.6 Å². The molecular weight excluding hydrogens is 1510 g/mol. The quantitative estimate of drug-likeness (QED) is 0.0242. The van der Waals surface area contributed by atoms with E-state index in [0.717, 1.165) is 41.5 Å². The summed E-state index contributed by atoms with van der Waals surface area (Å²) in [6, 6.07) is 18.5. The molecule has 1 unspecified atom stereocenters. The summed E-state index contributed by atoms with van der Waals surface area (Å²) in [5, 5.41) is 105. The first-order chi connectivity index (χ1) is 56.0. The van der Waals surface area contributed by atoms with E-state index < -0.39 is 151 Å². The average Bonchev–Trinajstić information content (AvgIpc) is 1.24. The van der Waals surface area contributed by atoms with Crippen molar-refractivity contribution >= 4 is 65.0 Å². The summed E-state index contributed by atoms with van der Waals surface area (Å²) in [5.41, 5.74) is 9.72. The summed E-state index contributed by atoms with van der Waals surface area (Å²) in [6.45, 7) is 10.8. The van der Waals surface area contributed by atoms with E-state index in [4.69, 9.17) is 5.73 Å². The van der Waals surface area contributed by atoms with Crippen molar-refractivity contribution in [1.82, 2.24) is 79.8 Å². The van der Waals surface area contributed by atoms with Gasteiger partial charge in [-0.15, -0.1) is 0 Å². The lowest BCUT2D eigenvalue weighted by Crippen LogP contribution is -2.62. The lowest BCUT2D eigenvalue weighted by atomic mass is 10.00. The van der Waals surface area contributed by atoms with Crippen LogP contribution in [0.15, 0.2) is 127 Å². The fourth-order valence-electron chi connectivity index (χ4n) is 12.8. The number of carbonyl (C=O) groups excluding carboxylic acids is 11. The van der Waals surface area contributed by atoms with Gasteiger partial charge in [0.2, 0.25) is 65.0 Å². The molecule has 117 heavy (non-hydrogen) atoms. The second-order valence-electron chi connectivity index (χ2n) is 30.3. The topological polar surface area (TPSA) is 516 Å². The van der Waals surface area contributed by atoms with E-state index >= 15 is 14.4 Å². The minimum Gasteiger partial charge on any atom is -0.508 e. The van der Waals surface area contributed by atoms with Crippen molar-refractivity contribution in [2.75, 3.05) is 39.3 Å². The number of carbonyl (C=O) groups is 11. The first kappa shape index (κ1) is 95.0. The van der Waals surface area contributed by atoms with Crippen LogP contribution in [0.3, 0.4) is 0 Å². The predicted molar refractivity (Wildman–Crippen MR) is 439 cm³/mol. The second-order valence-corrected chi connectivity index (χ2v) is 30.3. The van der Waals surface area contributed by atoms with E-state index in [1.54, 1.807) is 92.7 Å². The lowest BCUT2D eigenvalue weighted by Gasteiger charge is -2.29. The van der Waals surface area contributed by atoms with Gasteiger partial charge in [-0.3, -0.25) is 52.7 Å². The lowest BCUT2D eigenvalue weighted by molar-refractivity contribution is -0.137. The summed E-state index contributed by atoms with van der Waals surface area (Å²) >= 11 is 0. The van der Waals surface area contributed by atoms with Crippen LogP contribution in [0.2, 0.25) is 0 Å². The van der Waals surface area contributed by atoms with Gasteiger partial charge in [-0.2, -0.15) is 0 Å². The number of hydrogen-bond acceptors (Lipinski definition) is 22. The number of amides is 11. The minimum atomic E-state index is -1.77. The fourth-order valence-corrected chi connectivity index (χ4v) is 12.8. The summed E-state index contributed by atoms with van der Waals surface area (Å²) in [5.74, 6) is -9.58. The highest BCUT2D eigenvalue weighted by molar-refractivity contribution is 5.99. The molecule has 5 aromatic carbocycles. The Bertz CT molecular complexity index is 3940. The van der Waals surface area contributed by atoms with Crippen LogP contribution in [0.1, 0.15) is 146 Å². The third-order valence-electron chi connectivity index (χ3n) is 19.9. The van der Waals surface area contributed by atoms with Gasteiger partial charge in [-0.25, -0.2) is 0 Å². The molecule has 1 saturated heterocycles. The van der Waals surface area contributed by atoms with Gasteiger partial charge in [0.25, 0.3) is 0 Å². The normalized spacial score (nSPS) is 19.7. The Hall–Kier alpha value is -10.8. The predicted octanol–water partition coefficient (Wildman–Crippen LogP) is 0.902. The number of phenolic OH excluding ortho intramolecular Hbond substituents is 4. The molecule has 0 aliphatic carbocycles. The van der Waals surface area contributed by atoms with Gasteiger partial charge in [0.05, 0.1) is 12.2 Å². The van der Waals surface area contributed by atoms with Crippen LogP contribution in [0, 0.1) is 11.8 Å². The maximum Gasteiger partial charge on any atom is 0.245 e. The number of phenols is 4. The Balaban J connectivity index is 1.37. The Labute approximate surface area is 683 Å². The van der Waals surface area contributed by atoms with Gasteiger partial charge in [0, 0.05) is 45.6 Å². The summed E-state index contributed by atoms with van der Waals surface area (Å²) in [7, 11) is 0. The zero-order valence-electron chi connectivity index (χ0n) is 67.7. The summed E-state index contributed by atoms with van der Waals surface area (Å²) in [4.78, 5) is 162. The largest absolute Gasteiger partial charge is 0.508 e. The van der Waals surface area contributed by atoms with Crippen LogP contribution in [-0.2, 0) is 85.3 Å². The molecule has 0 spiro atoms. The number of rotatable bonds is 41. The van der Waals surface area contributed by atoms with Crippen LogP contribution < -0.4 is 85.5 Å². The standard InChI is InChI=1S/C84H122N16O17/c1-7-52(4)13-11-12-16-72(107)91-65(34-40-86-47-56-17-25-60(103)26-18-56)79(112)100-74(54(6)102)84(117)96-64(33-39-85)75(108)94-69-38-44-90-83(116)73(53(5)101)99-80(113)68(37-43-89-50-59-23-31-63(106)32-24-59)93-76(109)66(35-41-87-48-57-19-27-61(104)28-20-57)95-81(114)70(45-51(2)3)97-82(115)71(46-55-14-9-8-10-15-55)98-78(111)67(92-77(69)110)36-42-88-49-58-21-29-62(105)30-22-58/h8-10,14-15,17-32,51-54,64-71,73-74,86-89,101-106H,7,11-13,16,33-50,85H2,1-6H3,(H,90,116)(H,91,107)(H,92,110)(H,93,109)(H,94,108)(H,95,114)(H,96,117)(H,97,115)(H,98,111)(H,99,113)(H,100,112)/t52?,53-,54-,64+,65+,66+,67+,68+,69+,70+,71-,73+,74+/m1/s1. The summed E-state index contributed by atoms with van der Waals surface area (Å²) < 4.78 is 0. The van der Waals surface area contributed by atoms with Crippen LogP contribution in [-0.4, -0.2) is 208 Å². The van der Waals surface area contributed by atoms with E-state index in [1.165, 1.54) is 62.4 Å². The highest BCUT2D eigenvalue weighted by atomic mass is 16.3. The molecule has 1 aliphatic rings. The molecule has 23 N–H and O–H groups in total. The van der Waals surface area contributed by atoms with Crippen LogP contribution in [0.5, 0.6) is 23.0 Å². The Kier molecular flexibility index (Phi) is 41.1. The number of aromatic hydroxyl groups is 4. The highest BCUT2D eigenvalue weighted by Crippen LogP contribution is 2.18. The van der Waals surface area contributed by atoms with Gasteiger partial charge in [-0.1, -0.05) is 126 Å². The summed E-state index contributed by atoms with van der Waals surface area (Å²) in [6.07, 6.45) is -1.45. The molecule has 0 saturated carbocycles. The van der Waals surface area contributed by atoms with Crippen molar-refractivity contribution in [3.05, 3.63) is 155 Å². The SMILES string of the molecule is CCC(C)CCCCC(=O)N[C@@H](CCNCc1ccc(O)cc1)C(=O)N[C@H](C(=O)N[C@@H](CCN)C(=O)N[C@H]1CCNC(=O)[C@H]([C@@H](C)O)NC(=O)[C@H](CCNCc2ccc(O)cc2)NC(=O)[C@H](CCNCc2ccc(O)cc2)NC(=O)[C@H](CC(C)C)NC(=O)[C@@H](Cc2ccccc2)NC(=O)[C@H](CCNCc2ccc(O)cc2)NC1=O)[C@@H](C)O. The van der Waals surface area contributed by atoms with Gasteiger partial charge in [-0.05, 0) is 186 Å². The Morgan fingerprint density at radius 3 is 1.33 bits per heavy atom. The molecule has 0 aromatic heterocycles.